The van der Waals surface area contributed by atoms with Crippen molar-refractivity contribution in [2.24, 2.45) is 5.41 Å². The van der Waals surface area contributed by atoms with Crippen LogP contribution in [-0.2, 0) is 29.0 Å². The van der Waals surface area contributed by atoms with Gasteiger partial charge in [-0.05, 0) is 74.7 Å². The summed E-state index contributed by atoms with van der Waals surface area (Å²) in [7, 11) is 1.62. The maximum absolute atomic E-state index is 13.0. The van der Waals surface area contributed by atoms with Crippen LogP contribution in [0.2, 0.25) is 0 Å². The van der Waals surface area contributed by atoms with Gasteiger partial charge in [-0.15, -0.1) is 11.8 Å². The van der Waals surface area contributed by atoms with Crippen LogP contribution in [0, 0.1) is 5.41 Å². The van der Waals surface area contributed by atoms with Crippen LogP contribution in [0.1, 0.15) is 58.4 Å². The van der Waals surface area contributed by atoms with Gasteiger partial charge in [-0.25, -0.2) is 0 Å². The molecule has 1 aliphatic heterocycles. The van der Waals surface area contributed by atoms with Gasteiger partial charge in [0.05, 0.1) is 30.5 Å². The van der Waals surface area contributed by atoms with Crippen LogP contribution >= 0.6 is 11.8 Å². The number of Topliss-reactive ketones (excluding diaryl/α,β-unsaturated/α-hetero) is 1. The zero-order valence-corrected chi connectivity index (χ0v) is 30.6. The second kappa shape index (κ2) is 13.9. The highest BCUT2D eigenvalue weighted by atomic mass is 32.2. The Morgan fingerprint density at radius 2 is 1.72 bits per heavy atom. The van der Waals surface area contributed by atoms with E-state index < -0.39 is 17.5 Å². The van der Waals surface area contributed by atoms with Crippen molar-refractivity contribution in [3.05, 3.63) is 102 Å². The molecule has 2 atom stereocenters. The zero-order valence-electron chi connectivity index (χ0n) is 29.7. The van der Waals surface area contributed by atoms with Gasteiger partial charge in [-0.1, -0.05) is 63.2 Å². The summed E-state index contributed by atoms with van der Waals surface area (Å²) in [5.74, 6) is 0.408. The van der Waals surface area contributed by atoms with Gasteiger partial charge in [-0.3, -0.25) is 14.6 Å². The average Bonchev–Trinajstić information content (AvgIpc) is 3.62. The van der Waals surface area contributed by atoms with Crippen LogP contribution < -0.4 is 14.8 Å². The smallest absolute Gasteiger partial charge is 0.309 e. The van der Waals surface area contributed by atoms with Crippen molar-refractivity contribution in [1.29, 1.82) is 0 Å². The molecule has 0 saturated heterocycles. The quantitative estimate of drug-likeness (QED) is 0.125. The summed E-state index contributed by atoms with van der Waals surface area (Å²) in [6, 6.07) is 26.0. The molecular weight excluding hydrogens is 647 g/mol. The van der Waals surface area contributed by atoms with Gasteiger partial charge in [0.2, 0.25) is 0 Å². The van der Waals surface area contributed by atoms with Gasteiger partial charge in [0.25, 0.3) is 0 Å². The molecule has 0 fully saturated rings. The lowest BCUT2D eigenvalue weighted by Crippen LogP contribution is -2.41. The number of ketones is 1. The third-order valence-electron chi connectivity index (χ3n) is 9.08. The number of nitrogens with zero attached hydrogens (tertiary/aromatic N) is 2. The van der Waals surface area contributed by atoms with E-state index in [0.29, 0.717) is 30.9 Å². The van der Waals surface area contributed by atoms with E-state index in [-0.39, 0.29) is 16.6 Å². The topological polar surface area (TPSA) is 103 Å². The number of pyridine rings is 1. The minimum absolute atomic E-state index is 0.0468. The number of hydrogen-bond acceptors (Lipinski definition) is 7. The lowest BCUT2D eigenvalue weighted by Gasteiger charge is -2.24. The highest BCUT2D eigenvalue weighted by Gasteiger charge is 2.35. The molecule has 5 aromatic rings. The molecule has 0 aliphatic carbocycles. The van der Waals surface area contributed by atoms with Crippen molar-refractivity contribution in [3.8, 4) is 22.8 Å². The molecule has 6 rings (SSSR count). The van der Waals surface area contributed by atoms with Crippen molar-refractivity contribution in [1.82, 2.24) is 9.55 Å². The van der Waals surface area contributed by atoms with Gasteiger partial charge in [0, 0.05) is 50.5 Å². The Morgan fingerprint density at radius 1 is 1.00 bits per heavy atom. The van der Waals surface area contributed by atoms with E-state index >= 15 is 0 Å². The number of carbonyl (C=O) groups excluding carboxylic acids is 1. The Labute approximate surface area is 298 Å². The number of carboxylic acid groups (broad SMARTS) is 1. The number of aliphatic carboxylic acids is 1. The number of carbonyl (C=O) groups is 2. The highest BCUT2D eigenvalue weighted by molar-refractivity contribution is 8.00. The predicted molar refractivity (Wildman–Crippen MR) is 201 cm³/mol. The Hall–Kier alpha value is -4.76. The monoisotopic (exact) mass is 691 g/mol. The molecule has 0 amide bonds. The van der Waals surface area contributed by atoms with E-state index in [1.165, 1.54) is 5.56 Å². The predicted octanol–water partition coefficient (Wildman–Crippen LogP) is 8.68. The average molecular weight is 692 g/mol. The Kier molecular flexibility index (Phi) is 9.73. The van der Waals surface area contributed by atoms with E-state index in [1.54, 1.807) is 45.8 Å². The molecule has 0 spiro atoms. The molecule has 1 unspecified atom stereocenters. The first-order valence-corrected chi connectivity index (χ1v) is 17.7. The van der Waals surface area contributed by atoms with Crippen molar-refractivity contribution >= 4 is 40.1 Å². The van der Waals surface area contributed by atoms with Crippen molar-refractivity contribution < 1.29 is 24.2 Å². The number of methoxy groups -OCH3 is 1. The summed E-state index contributed by atoms with van der Waals surface area (Å²) < 4.78 is 13.9. The number of rotatable bonds is 12. The van der Waals surface area contributed by atoms with Crippen LogP contribution in [0.3, 0.4) is 0 Å². The number of aromatic nitrogens is 2. The summed E-state index contributed by atoms with van der Waals surface area (Å²) in [5.41, 5.74) is 6.05. The zero-order chi connectivity index (χ0) is 35.8. The van der Waals surface area contributed by atoms with Crippen LogP contribution in [0.4, 0.5) is 5.69 Å². The molecule has 1 aliphatic rings. The lowest BCUT2D eigenvalue weighted by molar-refractivity contribution is -0.146. The van der Waals surface area contributed by atoms with Gasteiger partial charge in [0.1, 0.15) is 11.5 Å². The minimum atomic E-state index is -1.01. The normalized spacial score (nSPS) is 15.0. The van der Waals surface area contributed by atoms with Crippen LogP contribution in [0.5, 0.6) is 11.5 Å². The first-order valence-electron chi connectivity index (χ1n) is 16.9. The Morgan fingerprint density at radius 3 is 2.34 bits per heavy atom. The fraction of sp³-hybridized carbons (Fsp3) is 0.341. The van der Waals surface area contributed by atoms with E-state index in [9.17, 15) is 14.7 Å². The van der Waals surface area contributed by atoms with Gasteiger partial charge < -0.3 is 24.5 Å². The second-order valence-electron chi connectivity index (χ2n) is 14.7. The van der Waals surface area contributed by atoms with E-state index in [0.717, 1.165) is 44.0 Å². The van der Waals surface area contributed by atoms with Gasteiger partial charge >= 0.3 is 5.97 Å². The fourth-order valence-electron chi connectivity index (χ4n) is 6.44. The molecule has 2 aromatic heterocycles. The van der Waals surface area contributed by atoms with E-state index in [4.69, 9.17) is 9.47 Å². The van der Waals surface area contributed by atoms with Crippen LogP contribution in [-0.4, -0.2) is 50.4 Å². The molecule has 0 radical (unpaired) electrons. The number of nitrogens with one attached hydrogen (secondary N) is 1. The fourth-order valence-corrected chi connectivity index (χ4v) is 7.63. The van der Waals surface area contributed by atoms with Gasteiger partial charge in [0.15, 0.2) is 11.9 Å². The summed E-state index contributed by atoms with van der Waals surface area (Å²) in [6.07, 6.45) is 2.07. The van der Waals surface area contributed by atoms with E-state index in [1.807, 2.05) is 48.5 Å². The first-order chi connectivity index (χ1) is 23.7. The molecule has 8 nitrogen and oxygen atoms in total. The maximum Gasteiger partial charge on any atom is 0.309 e. The molecule has 0 bridgehead atoms. The molecule has 3 aromatic carbocycles. The number of para-hydroxylation sites is 1. The third kappa shape index (κ3) is 7.53. The summed E-state index contributed by atoms with van der Waals surface area (Å²) >= 11 is 1.73. The molecule has 260 valence electrons. The number of thioether (sulfide) groups is 1. The molecule has 0 saturated carbocycles. The van der Waals surface area contributed by atoms with Crippen LogP contribution in [0.25, 0.3) is 22.2 Å². The number of hydrogen-bond donors (Lipinski definition) is 2. The Balaban J connectivity index is 1.40. The van der Waals surface area contributed by atoms with E-state index in [2.05, 4.69) is 66.0 Å². The molecule has 9 heteroatoms. The van der Waals surface area contributed by atoms with Crippen LogP contribution in [0.15, 0.2) is 90.0 Å². The first kappa shape index (κ1) is 35.1. The maximum atomic E-state index is 13.0. The summed E-state index contributed by atoms with van der Waals surface area (Å²) in [5, 5.41) is 14.7. The number of anilines is 1. The standard InChI is InChI=1S/C41H45N3O5S/c1-25(45)37(34-20-28-10-8-9-11-33(28)43-34)49-29-17-19-35-31(21-29)38(50-40(2,3)4)36(22-41(5,6)39(46)47)44(35)24-26-12-14-27(15-13-26)32-18-16-30(48-7)23-42-32/h8-19,21,23,34,37,43H,20,22,24H2,1-7H3,(H,46,47)/t34?,37-/m1/s1. The number of benzene rings is 3. The highest BCUT2D eigenvalue weighted by Crippen LogP contribution is 2.44. The van der Waals surface area contributed by atoms with Crippen molar-refractivity contribution in [2.45, 2.75) is 82.7 Å². The molecule has 2 N–H and O–H groups in total. The summed E-state index contributed by atoms with van der Waals surface area (Å²) in [6.45, 7) is 12.2. The SMILES string of the molecule is COc1ccc(-c2ccc(Cn3c(CC(C)(C)C(=O)O)c(SC(C)(C)C)c4cc(O[C@H](C(C)=O)C5Cc6ccccc6N5)ccc43)cc2)nc1. The molecule has 3 heterocycles. The third-order valence-corrected chi connectivity index (χ3v) is 10.3. The number of ether oxygens (including phenoxy) is 2. The molecular formula is C41H45N3O5S. The minimum Gasteiger partial charge on any atom is -0.495 e. The largest absolute Gasteiger partial charge is 0.495 e. The Bertz CT molecular complexity index is 2000. The van der Waals surface area contributed by atoms with Gasteiger partial charge in [-0.2, -0.15) is 0 Å². The van der Waals surface area contributed by atoms with Crippen molar-refractivity contribution in [2.75, 3.05) is 12.4 Å². The summed E-state index contributed by atoms with van der Waals surface area (Å²) in [4.78, 5) is 31.0. The second-order valence-corrected chi connectivity index (χ2v) is 16.5. The number of carboxylic acids is 1. The number of fused-ring (bicyclic) bond motifs is 2. The lowest BCUT2D eigenvalue weighted by atomic mass is 9.88. The molecule has 50 heavy (non-hydrogen) atoms. The van der Waals surface area contributed by atoms with Crippen molar-refractivity contribution in [3.63, 3.8) is 0 Å².